The lowest BCUT2D eigenvalue weighted by atomic mass is 10.2. The SMILES string of the molecule is COc1ccccc1-c1nc2nn(C)c(CO)c2c(=O)[nH]1. The van der Waals surface area contributed by atoms with Crippen molar-refractivity contribution in [2.24, 2.45) is 7.05 Å². The number of methoxy groups -OCH3 is 1. The largest absolute Gasteiger partial charge is 0.496 e. The topological polar surface area (TPSA) is 93.0 Å². The number of aryl methyl sites for hydroxylation is 1. The number of aromatic nitrogens is 4. The third-order valence-electron chi connectivity index (χ3n) is 3.34. The molecular weight excluding hydrogens is 272 g/mol. The molecule has 3 aromatic rings. The molecular formula is C14H14N4O3. The number of aromatic amines is 1. The summed E-state index contributed by atoms with van der Waals surface area (Å²) in [6, 6.07) is 7.26. The highest BCUT2D eigenvalue weighted by Gasteiger charge is 2.16. The molecule has 2 N–H and O–H groups in total. The monoisotopic (exact) mass is 286 g/mol. The minimum absolute atomic E-state index is 0.272. The highest BCUT2D eigenvalue weighted by Crippen LogP contribution is 2.27. The zero-order valence-corrected chi connectivity index (χ0v) is 11.6. The second-order valence-corrected chi connectivity index (χ2v) is 4.54. The Bertz CT molecular complexity index is 866. The molecule has 0 amide bonds. The summed E-state index contributed by atoms with van der Waals surface area (Å²) < 4.78 is 6.73. The predicted octanol–water partition coefficient (Wildman–Crippen LogP) is 0.824. The summed E-state index contributed by atoms with van der Waals surface area (Å²) in [5.74, 6) is 0.992. The number of rotatable bonds is 3. The molecule has 0 saturated heterocycles. The number of hydrogen-bond donors (Lipinski definition) is 2. The van der Waals surface area contributed by atoms with E-state index in [2.05, 4.69) is 15.1 Å². The number of aliphatic hydroxyl groups is 1. The normalized spacial score (nSPS) is 11.0. The third-order valence-corrected chi connectivity index (χ3v) is 3.34. The fraction of sp³-hybridized carbons (Fsp3) is 0.214. The van der Waals surface area contributed by atoms with Crippen LogP contribution in [0.4, 0.5) is 0 Å². The average molecular weight is 286 g/mol. The quantitative estimate of drug-likeness (QED) is 0.743. The molecule has 2 aromatic heterocycles. The minimum atomic E-state index is -0.335. The van der Waals surface area contributed by atoms with E-state index in [0.29, 0.717) is 33.9 Å². The maximum atomic E-state index is 12.3. The van der Waals surface area contributed by atoms with E-state index in [0.717, 1.165) is 0 Å². The molecule has 0 aliphatic carbocycles. The van der Waals surface area contributed by atoms with E-state index in [1.165, 1.54) is 4.68 Å². The van der Waals surface area contributed by atoms with E-state index < -0.39 is 0 Å². The number of benzene rings is 1. The second kappa shape index (κ2) is 5.02. The van der Waals surface area contributed by atoms with E-state index >= 15 is 0 Å². The van der Waals surface area contributed by atoms with Gasteiger partial charge < -0.3 is 14.8 Å². The Balaban J connectivity index is 2.29. The molecule has 3 rings (SSSR count). The molecule has 7 heteroatoms. The first-order valence-electron chi connectivity index (χ1n) is 6.36. The lowest BCUT2D eigenvalue weighted by molar-refractivity contribution is 0.272. The Morgan fingerprint density at radius 1 is 1.38 bits per heavy atom. The molecule has 0 aliphatic heterocycles. The number of nitrogens with zero attached hydrogens (tertiary/aromatic N) is 3. The molecule has 0 aliphatic rings. The Hall–Kier alpha value is -2.67. The van der Waals surface area contributed by atoms with Gasteiger partial charge in [0.15, 0.2) is 5.65 Å². The molecule has 21 heavy (non-hydrogen) atoms. The third kappa shape index (κ3) is 2.07. The van der Waals surface area contributed by atoms with Crippen LogP contribution in [0.3, 0.4) is 0 Å². The van der Waals surface area contributed by atoms with Crippen LogP contribution in [-0.4, -0.2) is 32.0 Å². The molecule has 0 unspecified atom stereocenters. The first kappa shape index (κ1) is 13.3. The first-order chi connectivity index (χ1) is 10.2. The first-order valence-corrected chi connectivity index (χ1v) is 6.36. The summed E-state index contributed by atoms with van der Waals surface area (Å²) in [6.45, 7) is -0.272. The van der Waals surface area contributed by atoms with Gasteiger partial charge in [-0.15, -0.1) is 0 Å². The van der Waals surface area contributed by atoms with Crippen LogP contribution in [0.1, 0.15) is 5.69 Å². The van der Waals surface area contributed by atoms with E-state index in [-0.39, 0.29) is 12.2 Å². The Labute approximate surface area is 119 Å². The zero-order valence-electron chi connectivity index (χ0n) is 11.6. The van der Waals surface area contributed by atoms with Crippen molar-refractivity contribution in [2.75, 3.05) is 7.11 Å². The van der Waals surface area contributed by atoms with Crippen LogP contribution in [0.2, 0.25) is 0 Å². The summed E-state index contributed by atoms with van der Waals surface area (Å²) in [4.78, 5) is 19.3. The summed E-state index contributed by atoms with van der Waals surface area (Å²) in [5.41, 5.74) is 1.07. The zero-order chi connectivity index (χ0) is 15.0. The van der Waals surface area contributed by atoms with E-state index in [1.54, 1.807) is 26.3 Å². The lowest BCUT2D eigenvalue weighted by Gasteiger charge is -2.06. The van der Waals surface area contributed by atoms with Gasteiger partial charge in [-0.05, 0) is 12.1 Å². The Kier molecular flexibility index (Phi) is 3.19. The van der Waals surface area contributed by atoms with Gasteiger partial charge in [-0.2, -0.15) is 5.10 Å². The van der Waals surface area contributed by atoms with Gasteiger partial charge in [0.05, 0.1) is 25.0 Å². The number of aliphatic hydroxyl groups excluding tert-OH is 1. The van der Waals surface area contributed by atoms with E-state index in [1.807, 2.05) is 12.1 Å². The fourth-order valence-corrected chi connectivity index (χ4v) is 2.31. The van der Waals surface area contributed by atoms with Crippen molar-refractivity contribution in [1.29, 1.82) is 0 Å². The molecule has 0 radical (unpaired) electrons. The van der Waals surface area contributed by atoms with Gasteiger partial charge in [-0.3, -0.25) is 9.48 Å². The van der Waals surface area contributed by atoms with Crippen LogP contribution in [0.5, 0.6) is 5.75 Å². The maximum Gasteiger partial charge on any atom is 0.262 e. The molecule has 0 atom stereocenters. The number of fused-ring (bicyclic) bond motifs is 1. The van der Waals surface area contributed by atoms with Gasteiger partial charge >= 0.3 is 0 Å². The average Bonchev–Trinajstić information content (AvgIpc) is 2.82. The highest BCUT2D eigenvalue weighted by molar-refractivity contribution is 5.79. The van der Waals surface area contributed by atoms with Crippen molar-refractivity contribution < 1.29 is 9.84 Å². The smallest absolute Gasteiger partial charge is 0.262 e. The van der Waals surface area contributed by atoms with Gasteiger partial charge in [0.25, 0.3) is 5.56 Å². The van der Waals surface area contributed by atoms with Crippen LogP contribution >= 0.6 is 0 Å². The standard InChI is InChI=1S/C14H14N4O3/c1-18-9(7-19)11-13(17-18)15-12(16-14(11)20)8-5-3-4-6-10(8)21-2/h3-6,19H,7H2,1-2H3,(H,15,16,17,20). The number of hydrogen-bond acceptors (Lipinski definition) is 5. The minimum Gasteiger partial charge on any atom is -0.496 e. The molecule has 0 saturated carbocycles. The van der Waals surface area contributed by atoms with Crippen LogP contribution < -0.4 is 10.3 Å². The van der Waals surface area contributed by atoms with Crippen molar-refractivity contribution in [3.05, 3.63) is 40.3 Å². The Morgan fingerprint density at radius 2 is 2.14 bits per heavy atom. The molecule has 108 valence electrons. The number of ether oxygens (including phenoxy) is 1. The second-order valence-electron chi connectivity index (χ2n) is 4.54. The number of para-hydroxylation sites is 1. The van der Waals surface area contributed by atoms with Gasteiger partial charge in [-0.1, -0.05) is 12.1 Å². The highest BCUT2D eigenvalue weighted by atomic mass is 16.5. The predicted molar refractivity (Wildman–Crippen MR) is 77.0 cm³/mol. The van der Waals surface area contributed by atoms with Gasteiger partial charge in [0.1, 0.15) is 17.0 Å². The lowest BCUT2D eigenvalue weighted by Crippen LogP contribution is -2.11. The molecule has 2 heterocycles. The fourth-order valence-electron chi connectivity index (χ4n) is 2.31. The van der Waals surface area contributed by atoms with Gasteiger partial charge in [0.2, 0.25) is 0 Å². The molecule has 0 fully saturated rings. The van der Waals surface area contributed by atoms with Crippen molar-refractivity contribution in [3.8, 4) is 17.1 Å². The number of nitrogens with one attached hydrogen (secondary N) is 1. The maximum absolute atomic E-state index is 12.3. The Morgan fingerprint density at radius 3 is 2.86 bits per heavy atom. The summed E-state index contributed by atoms with van der Waals surface area (Å²) >= 11 is 0. The van der Waals surface area contributed by atoms with Crippen LogP contribution in [0.25, 0.3) is 22.4 Å². The van der Waals surface area contributed by atoms with Crippen molar-refractivity contribution in [1.82, 2.24) is 19.7 Å². The van der Waals surface area contributed by atoms with Crippen LogP contribution in [0.15, 0.2) is 29.1 Å². The van der Waals surface area contributed by atoms with Crippen LogP contribution in [-0.2, 0) is 13.7 Å². The van der Waals surface area contributed by atoms with Crippen molar-refractivity contribution >= 4 is 11.0 Å². The van der Waals surface area contributed by atoms with Crippen molar-refractivity contribution in [3.63, 3.8) is 0 Å². The molecule has 1 aromatic carbocycles. The molecule has 0 spiro atoms. The molecule has 0 bridgehead atoms. The molecule has 7 nitrogen and oxygen atoms in total. The summed E-state index contributed by atoms with van der Waals surface area (Å²) in [5, 5.41) is 13.8. The van der Waals surface area contributed by atoms with Crippen molar-refractivity contribution in [2.45, 2.75) is 6.61 Å². The van der Waals surface area contributed by atoms with Gasteiger partial charge in [0, 0.05) is 7.05 Å². The van der Waals surface area contributed by atoms with E-state index in [4.69, 9.17) is 4.74 Å². The summed E-state index contributed by atoms with van der Waals surface area (Å²) in [7, 11) is 3.22. The number of H-pyrrole nitrogens is 1. The van der Waals surface area contributed by atoms with E-state index in [9.17, 15) is 9.90 Å². The summed E-state index contributed by atoms with van der Waals surface area (Å²) in [6.07, 6.45) is 0. The van der Waals surface area contributed by atoms with Gasteiger partial charge in [-0.25, -0.2) is 4.98 Å². The van der Waals surface area contributed by atoms with Crippen LogP contribution in [0, 0.1) is 0 Å².